The lowest BCUT2D eigenvalue weighted by atomic mass is 9.89. The molecule has 0 radical (unpaired) electrons. The van der Waals surface area contributed by atoms with Crippen LogP contribution < -0.4 is 21.7 Å². The number of hydrogen-bond acceptors (Lipinski definition) is 6. The van der Waals surface area contributed by atoms with Crippen molar-refractivity contribution in [2.45, 2.75) is 32.1 Å². The van der Waals surface area contributed by atoms with E-state index in [4.69, 9.17) is 5.73 Å². The van der Waals surface area contributed by atoms with E-state index in [-0.39, 0.29) is 5.91 Å². The molecule has 160 valence electrons. The van der Waals surface area contributed by atoms with E-state index >= 15 is 0 Å². The number of hydrogen-bond donors (Lipinski definition) is 4. The number of nitrogen functional groups attached to an aromatic ring is 1. The maximum atomic E-state index is 12.3. The zero-order valence-corrected chi connectivity index (χ0v) is 17.5. The van der Waals surface area contributed by atoms with Crippen LogP contribution >= 0.6 is 0 Å². The molecule has 0 spiro atoms. The second-order valence-corrected chi connectivity index (χ2v) is 7.95. The second kappa shape index (κ2) is 9.93. The molecule has 1 heterocycles. The van der Waals surface area contributed by atoms with Crippen LogP contribution in [0.25, 0.3) is 0 Å². The first-order chi connectivity index (χ1) is 15.2. The van der Waals surface area contributed by atoms with Crippen LogP contribution in [-0.4, -0.2) is 22.4 Å². The molecule has 1 aliphatic rings. The predicted octanol–water partition coefficient (Wildman–Crippen LogP) is 5.05. The van der Waals surface area contributed by atoms with Crippen molar-refractivity contribution < 1.29 is 4.79 Å². The molecule has 0 bridgehead atoms. The fourth-order valence-corrected chi connectivity index (χ4v) is 3.79. The molecule has 1 aromatic heterocycles. The summed E-state index contributed by atoms with van der Waals surface area (Å²) >= 11 is 0. The molecule has 4 rings (SSSR count). The minimum Gasteiger partial charge on any atom is -0.399 e. The lowest BCUT2D eigenvalue weighted by Gasteiger charge is -2.22. The van der Waals surface area contributed by atoms with Gasteiger partial charge in [-0.25, -0.2) is 9.97 Å². The van der Waals surface area contributed by atoms with Crippen molar-refractivity contribution in [1.29, 1.82) is 0 Å². The zero-order chi connectivity index (χ0) is 21.5. The summed E-state index contributed by atoms with van der Waals surface area (Å²) in [5, 5.41) is 9.61. The van der Waals surface area contributed by atoms with Gasteiger partial charge in [0, 0.05) is 35.2 Å². The Hall–Kier alpha value is -3.61. The standard InChI is InChI=1S/C24H28N6O/c25-19-8-6-18(7-9-19)24(31)30-21-12-10-20(11-13-21)29-23-14-22(27-16-28-23)26-15-17-4-2-1-3-5-17/h6-14,16-17H,1-5,15,25H2,(H,30,31)(H2,26,27,28,29). The Bertz CT molecular complexity index is 997. The van der Waals surface area contributed by atoms with Gasteiger partial charge in [-0.3, -0.25) is 4.79 Å². The monoisotopic (exact) mass is 416 g/mol. The highest BCUT2D eigenvalue weighted by atomic mass is 16.1. The van der Waals surface area contributed by atoms with Gasteiger partial charge in [0.1, 0.15) is 18.0 Å². The number of carbonyl (C=O) groups excluding carboxylic acids is 1. The molecule has 1 fully saturated rings. The molecular formula is C24H28N6O. The van der Waals surface area contributed by atoms with Crippen LogP contribution in [-0.2, 0) is 0 Å². The Morgan fingerprint density at radius 2 is 1.58 bits per heavy atom. The van der Waals surface area contributed by atoms with Gasteiger partial charge in [-0.15, -0.1) is 0 Å². The van der Waals surface area contributed by atoms with Crippen molar-refractivity contribution in [3.05, 3.63) is 66.5 Å². The van der Waals surface area contributed by atoms with E-state index in [2.05, 4.69) is 25.9 Å². The van der Waals surface area contributed by atoms with Crippen molar-refractivity contribution in [1.82, 2.24) is 9.97 Å². The van der Waals surface area contributed by atoms with Crippen molar-refractivity contribution >= 4 is 34.6 Å². The van der Waals surface area contributed by atoms with Crippen LogP contribution in [0, 0.1) is 5.92 Å². The second-order valence-electron chi connectivity index (χ2n) is 7.95. The van der Waals surface area contributed by atoms with Gasteiger partial charge in [-0.1, -0.05) is 19.3 Å². The lowest BCUT2D eigenvalue weighted by molar-refractivity contribution is 0.102. The average molecular weight is 417 g/mol. The Kier molecular flexibility index (Phi) is 6.62. The van der Waals surface area contributed by atoms with Gasteiger partial charge in [0.25, 0.3) is 5.91 Å². The van der Waals surface area contributed by atoms with E-state index in [0.29, 0.717) is 16.9 Å². The van der Waals surface area contributed by atoms with E-state index in [0.717, 1.165) is 29.8 Å². The highest BCUT2D eigenvalue weighted by Crippen LogP contribution is 2.24. The smallest absolute Gasteiger partial charge is 0.255 e. The molecule has 0 saturated heterocycles. The number of carbonyl (C=O) groups is 1. The molecule has 1 aliphatic carbocycles. The van der Waals surface area contributed by atoms with Gasteiger partial charge in [0.2, 0.25) is 0 Å². The van der Waals surface area contributed by atoms with Gasteiger partial charge >= 0.3 is 0 Å². The molecule has 5 N–H and O–H groups in total. The zero-order valence-electron chi connectivity index (χ0n) is 17.5. The molecule has 2 aromatic carbocycles. The number of nitrogens with two attached hydrogens (primary N) is 1. The number of benzene rings is 2. The summed E-state index contributed by atoms with van der Waals surface area (Å²) in [5.74, 6) is 2.11. The third-order valence-electron chi connectivity index (χ3n) is 5.55. The van der Waals surface area contributed by atoms with Crippen LogP contribution in [0.5, 0.6) is 0 Å². The number of nitrogens with zero attached hydrogens (tertiary/aromatic N) is 2. The van der Waals surface area contributed by atoms with E-state index in [9.17, 15) is 4.79 Å². The molecule has 0 unspecified atom stereocenters. The summed E-state index contributed by atoms with van der Waals surface area (Å²) in [4.78, 5) is 21.0. The van der Waals surface area contributed by atoms with Crippen molar-refractivity contribution in [2.75, 3.05) is 28.2 Å². The van der Waals surface area contributed by atoms with Gasteiger partial charge < -0.3 is 21.7 Å². The fourth-order valence-electron chi connectivity index (χ4n) is 3.79. The van der Waals surface area contributed by atoms with E-state index in [1.165, 1.54) is 32.1 Å². The number of anilines is 5. The summed E-state index contributed by atoms with van der Waals surface area (Å²) < 4.78 is 0. The van der Waals surface area contributed by atoms with Gasteiger partial charge in [0.15, 0.2) is 0 Å². The summed E-state index contributed by atoms with van der Waals surface area (Å²) in [5.41, 5.74) is 8.45. The number of amides is 1. The van der Waals surface area contributed by atoms with Gasteiger partial charge in [-0.2, -0.15) is 0 Å². The molecular weight excluding hydrogens is 388 g/mol. The first-order valence-corrected chi connectivity index (χ1v) is 10.8. The summed E-state index contributed by atoms with van der Waals surface area (Å²) in [6, 6.07) is 16.2. The number of rotatable bonds is 7. The predicted molar refractivity (Wildman–Crippen MR) is 126 cm³/mol. The molecule has 7 heteroatoms. The average Bonchev–Trinajstić information content (AvgIpc) is 2.80. The van der Waals surface area contributed by atoms with E-state index < -0.39 is 0 Å². The first kappa shape index (κ1) is 20.7. The van der Waals surface area contributed by atoms with E-state index in [1.807, 2.05) is 30.3 Å². The molecule has 1 amide bonds. The third kappa shape index (κ3) is 5.94. The largest absolute Gasteiger partial charge is 0.399 e. The number of nitrogens with one attached hydrogen (secondary N) is 3. The Morgan fingerprint density at radius 1 is 0.903 bits per heavy atom. The number of aromatic nitrogens is 2. The van der Waals surface area contributed by atoms with Crippen LogP contribution in [0.4, 0.5) is 28.7 Å². The summed E-state index contributed by atoms with van der Waals surface area (Å²) in [6.07, 6.45) is 8.18. The van der Waals surface area contributed by atoms with E-state index in [1.54, 1.807) is 30.6 Å². The molecule has 1 saturated carbocycles. The molecule has 3 aromatic rings. The Labute approximate surface area is 182 Å². The maximum Gasteiger partial charge on any atom is 0.255 e. The van der Waals surface area contributed by atoms with Crippen LogP contribution in [0.2, 0.25) is 0 Å². The fraction of sp³-hybridized carbons (Fsp3) is 0.292. The first-order valence-electron chi connectivity index (χ1n) is 10.8. The third-order valence-corrected chi connectivity index (χ3v) is 5.55. The van der Waals surface area contributed by atoms with Gasteiger partial charge in [0.05, 0.1) is 0 Å². The summed E-state index contributed by atoms with van der Waals surface area (Å²) in [6.45, 7) is 0.957. The molecule has 7 nitrogen and oxygen atoms in total. The van der Waals surface area contributed by atoms with Crippen LogP contribution in [0.1, 0.15) is 42.5 Å². The highest BCUT2D eigenvalue weighted by Gasteiger charge is 2.13. The van der Waals surface area contributed by atoms with Crippen molar-refractivity contribution in [3.63, 3.8) is 0 Å². The lowest BCUT2D eigenvalue weighted by Crippen LogP contribution is -2.17. The van der Waals surface area contributed by atoms with Crippen LogP contribution in [0.3, 0.4) is 0 Å². The molecule has 31 heavy (non-hydrogen) atoms. The molecule has 0 atom stereocenters. The topological polar surface area (TPSA) is 105 Å². The quantitative estimate of drug-likeness (QED) is 0.402. The maximum absolute atomic E-state index is 12.3. The minimum atomic E-state index is -0.176. The highest BCUT2D eigenvalue weighted by molar-refractivity contribution is 6.04. The van der Waals surface area contributed by atoms with Gasteiger partial charge in [-0.05, 0) is 67.3 Å². The SMILES string of the molecule is Nc1ccc(C(=O)Nc2ccc(Nc3cc(NCC4CCCCC4)ncn3)cc2)cc1. The van der Waals surface area contributed by atoms with Crippen molar-refractivity contribution in [2.24, 2.45) is 5.92 Å². The molecule has 0 aliphatic heterocycles. The summed E-state index contributed by atoms with van der Waals surface area (Å²) in [7, 11) is 0. The van der Waals surface area contributed by atoms with Crippen LogP contribution in [0.15, 0.2) is 60.9 Å². The normalized spacial score (nSPS) is 14.1. The van der Waals surface area contributed by atoms with Crippen molar-refractivity contribution in [3.8, 4) is 0 Å². The Balaban J connectivity index is 1.32. The minimum absolute atomic E-state index is 0.176. The Morgan fingerprint density at radius 3 is 2.32 bits per heavy atom.